The Balaban J connectivity index is 1.56. The average Bonchev–Trinajstić information content (AvgIpc) is 2.98. The van der Waals surface area contributed by atoms with E-state index in [0.717, 1.165) is 12.8 Å². The lowest BCUT2D eigenvalue weighted by Crippen LogP contribution is -2.24. The lowest BCUT2D eigenvalue weighted by molar-refractivity contribution is 0.0951. The summed E-state index contributed by atoms with van der Waals surface area (Å²) >= 11 is 0. The van der Waals surface area contributed by atoms with Gasteiger partial charge in [0.25, 0.3) is 5.91 Å². The van der Waals surface area contributed by atoms with E-state index < -0.39 is 0 Å². The molecule has 1 aromatic heterocycles. The second kappa shape index (κ2) is 7.33. The van der Waals surface area contributed by atoms with E-state index in [1.165, 1.54) is 24.7 Å². The van der Waals surface area contributed by atoms with Crippen LogP contribution >= 0.6 is 0 Å². The molecule has 0 saturated heterocycles. The Bertz CT molecular complexity index is 523. The molecule has 0 atom stereocenters. The van der Waals surface area contributed by atoms with Crippen molar-refractivity contribution in [3.63, 3.8) is 0 Å². The van der Waals surface area contributed by atoms with Gasteiger partial charge in [0, 0.05) is 6.54 Å². The SMILES string of the molecule is O=C(NCCCCOc1ccc(F)cc1)c1ccoc1. The predicted molar refractivity (Wildman–Crippen MR) is 72.2 cm³/mol. The molecule has 1 amide bonds. The van der Waals surface area contributed by atoms with Crippen molar-refractivity contribution in [2.45, 2.75) is 12.8 Å². The van der Waals surface area contributed by atoms with Gasteiger partial charge in [-0.25, -0.2) is 4.39 Å². The molecule has 0 radical (unpaired) electrons. The second-order valence-corrected chi connectivity index (χ2v) is 4.28. The van der Waals surface area contributed by atoms with E-state index in [-0.39, 0.29) is 11.7 Å². The molecule has 0 fully saturated rings. The molecule has 1 N–H and O–H groups in total. The van der Waals surface area contributed by atoms with Gasteiger partial charge in [-0.1, -0.05) is 0 Å². The fourth-order valence-corrected chi connectivity index (χ4v) is 1.65. The fourth-order valence-electron chi connectivity index (χ4n) is 1.65. The van der Waals surface area contributed by atoms with Crippen molar-refractivity contribution < 1.29 is 18.3 Å². The van der Waals surface area contributed by atoms with Crippen molar-refractivity contribution in [1.82, 2.24) is 5.32 Å². The first-order valence-electron chi connectivity index (χ1n) is 6.44. The standard InChI is InChI=1S/C15H16FNO3/c16-13-3-5-14(6-4-13)20-9-2-1-8-17-15(18)12-7-10-19-11-12/h3-7,10-11H,1-2,8-9H2,(H,17,18). The van der Waals surface area contributed by atoms with Crippen LogP contribution in [-0.2, 0) is 0 Å². The molecule has 0 aliphatic carbocycles. The Kier molecular flexibility index (Phi) is 5.17. The maximum absolute atomic E-state index is 12.7. The van der Waals surface area contributed by atoms with Gasteiger partial charge in [0.1, 0.15) is 17.8 Å². The molecule has 0 bridgehead atoms. The van der Waals surface area contributed by atoms with Gasteiger partial charge in [0.15, 0.2) is 0 Å². The molecule has 1 heterocycles. The number of rotatable bonds is 7. The monoisotopic (exact) mass is 277 g/mol. The molecule has 0 unspecified atom stereocenters. The molecule has 1 aromatic carbocycles. The van der Waals surface area contributed by atoms with E-state index in [1.807, 2.05) is 0 Å². The zero-order valence-electron chi connectivity index (χ0n) is 11.0. The molecule has 0 aliphatic rings. The summed E-state index contributed by atoms with van der Waals surface area (Å²) < 4.78 is 22.9. The van der Waals surface area contributed by atoms with E-state index in [2.05, 4.69) is 5.32 Å². The van der Waals surface area contributed by atoms with Crippen molar-refractivity contribution >= 4 is 5.91 Å². The highest BCUT2D eigenvalue weighted by atomic mass is 19.1. The summed E-state index contributed by atoms with van der Waals surface area (Å²) in [6, 6.07) is 7.53. The summed E-state index contributed by atoms with van der Waals surface area (Å²) in [5, 5.41) is 2.79. The zero-order chi connectivity index (χ0) is 14.2. The third-order valence-electron chi connectivity index (χ3n) is 2.72. The summed E-state index contributed by atoms with van der Waals surface area (Å²) in [5.74, 6) is 0.228. The Morgan fingerprint density at radius 1 is 1.20 bits per heavy atom. The number of nitrogens with one attached hydrogen (secondary N) is 1. The molecular weight excluding hydrogens is 261 g/mol. The second-order valence-electron chi connectivity index (χ2n) is 4.28. The normalized spacial score (nSPS) is 10.2. The Morgan fingerprint density at radius 3 is 2.70 bits per heavy atom. The summed E-state index contributed by atoms with van der Waals surface area (Å²) in [6.07, 6.45) is 4.49. The third-order valence-corrected chi connectivity index (χ3v) is 2.72. The van der Waals surface area contributed by atoms with E-state index in [4.69, 9.17) is 9.15 Å². The number of hydrogen-bond donors (Lipinski definition) is 1. The highest BCUT2D eigenvalue weighted by Crippen LogP contribution is 2.11. The number of unbranched alkanes of at least 4 members (excludes halogenated alkanes) is 1. The smallest absolute Gasteiger partial charge is 0.254 e. The first kappa shape index (κ1) is 14.1. The van der Waals surface area contributed by atoms with Crippen LogP contribution in [0.2, 0.25) is 0 Å². The number of carbonyl (C=O) groups is 1. The molecular formula is C15H16FNO3. The Hall–Kier alpha value is -2.30. The molecule has 0 aliphatic heterocycles. The Labute approximate surface area is 116 Å². The van der Waals surface area contributed by atoms with Crippen LogP contribution in [0.4, 0.5) is 4.39 Å². The number of carbonyl (C=O) groups excluding carboxylic acids is 1. The first-order valence-corrected chi connectivity index (χ1v) is 6.44. The Morgan fingerprint density at radius 2 is 2.00 bits per heavy atom. The van der Waals surface area contributed by atoms with E-state index >= 15 is 0 Å². The minimum absolute atomic E-state index is 0.141. The minimum atomic E-state index is -0.278. The van der Waals surface area contributed by atoms with Crippen molar-refractivity contribution in [1.29, 1.82) is 0 Å². The molecule has 0 spiro atoms. The molecule has 5 heteroatoms. The zero-order valence-corrected chi connectivity index (χ0v) is 11.0. The lowest BCUT2D eigenvalue weighted by Gasteiger charge is -2.06. The maximum atomic E-state index is 12.7. The fraction of sp³-hybridized carbons (Fsp3) is 0.267. The third kappa shape index (κ3) is 4.42. The molecule has 20 heavy (non-hydrogen) atoms. The first-order chi connectivity index (χ1) is 9.75. The number of amides is 1. The van der Waals surface area contributed by atoms with Crippen LogP contribution in [0.25, 0.3) is 0 Å². The number of ether oxygens (including phenoxy) is 1. The van der Waals surface area contributed by atoms with E-state index in [0.29, 0.717) is 24.5 Å². The molecule has 0 saturated carbocycles. The summed E-state index contributed by atoms with van der Waals surface area (Å²) in [7, 11) is 0. The highest BCUT2D eigenvalue weighted by Gasteiger charge is 2.04. The van der Waals surface area contributed by atoms with Gasteiger partial charge in [0.2, 0.25) is 0 Å². The highest BCUT2D eigenvalue weighted by molar-refractivity contribution is 5.93. The quantitative estimate of drug-likeness (QED) is 0.791. The minimum Gasteiger partial charge on any atom is -0.494 e. The summed E-state index contributed by atoms with van der Waals surface area (Å²) in [4.78, 5) is 11.6. The summed E-state index contributed by atoms with van der Waals surface area (Å²) in [5.41, 5.74) is 0.521. The van der Waals surface area contributed by atoms with Crippen LogP contribution in [0.15, 0.2) is 47.3 Å². The predicted octanol–water partition coefficient (Wildman–Crippen LogP) is 3.01. The van der Waals surface area contributed by atoms with E-state index in [1.54, 1.807) is 18.2 Å². The van der Waals surface area contributed by atoms with Crippen LogP contribution in [0.1, 0.15) is 23.2 Å². The topological polar surface area (TPSA) is 51.5 Å². The molecule has 2 rings (SSSR count). The van der Waals surface area contributed by atoms with Crippen molar-refractivity contribution in [2.24, 2.45) is 0 Å². The number of hydrogen-bond acceptors (Lipinski definition) is 3. The van der Waals surface area contributed by atoms with Crippen molar-refractivity contribution in [2.75, 3.05) is 13.2 Å². The van der Waals surface area contributed by atoms with Crippen LogP contribution in [0.5, 0.6) is 5.75 Å². The van der Waals surface area contributed by atoms with Crippen LogP contribution in [0.3, 0.4) is 0 Å². The molecule has 2 aromatic rings. The molecule has 4 nitrogen and oxygen atoms in total. The van der Waals surface area contributed by atoms with E-state index in [9.17, 15) is 9.18 Å². The largest absolute Gasteiger partial charge is 0.494 e. The maximum Gasteiger partial charge on any atom is 0.254 e. The van der Waals surface area contributed by atoms with Gasteiger partial charge in [-0.3, -0.25) is 4.79 Å². The number of benzene rings is 1. The van der Waals surface area contributed by atoms with Gasteiger partial charge in [-0.05, 0) is 43.2 Å². The van der Waals surface area contributed by atoms with Crippen LogP contribution in [-0.4, -0.2) is 19.1 Å². The van der Waals surface area contributed by atoms with Crippen molar-refractivity contribution in [3.05, 3.63) is 54.2 Å². The van der Waals surface area contributed by atoms with Gasteiger partial charge in [-0.15, -0.1) is 0 Å². The number of furan rings is 1. The summed E-state index contributed by atoms with van der Waals surface area (Å²) in [6.45, 7) is 1.12. The van der Waals surface area contributed by atoms with Crippen LogP contribution in [0, 0.1) is 5.82 Å². The lowest BCUT2D eigenvalue weighted by atomic mass is 10.3. The molecule has 106 valence electrons. The van der Waals surface area contributed by atoms with Gasteiger partial charge >= 0.3 is 0 Å². The number of halogens is 1. The van der Waals surface area contributed by atoms with Gasteiger partial charge in [0.05, 0.1) is 18.4 Å². The van der Waals surface area contributed by atoms with Crippen LogP contribution < -0.4 is 10.1 Å². The van der Waals surface area contributed by atoms with Gasteiger partial charge in [-0.2, -0.15) is 0 Å². The van der Waals surface area contributed by atoms with Gasteiger partial charge < -0.3 is 14.5 Å². The van der Waals surface area contributed by atoms with Crippen molar-refractivity contribution in [3.8, 4) is 5.75 Å². The average molecular weight is 277 g/mol.